The van der Waals surface area contributed by atoms with Crippen molar-refractivity contribution in [3.05, 3.63) is 59.9 Å². The van der Waals surface area contributed by atoms with E-state index in [1.165, 1.54) is 12.1 Å². The molecular weight excluding hydrogens is 281 g/mol. The smallest absolute Gasteiger partial charge is 0.235 e. The number of rotatable bonds is 4. The first-order valence-corrected chi connectivity index (χ1v) is 7.36. The van der Waals surface area contributed by atoms with E-state index in [4.69, 9.17) is 4.74 Å². The fraction of sp³-hybridized carbons (Fsp3) is 0.278. The zero-order chi connectivity index (χ0) is 15.6. The van der Waals surface area contributed by atoms with Crippen LogP contribution in [-0.4, -0.2) is 13.0 Å². The topological polar surface area (TPSA) is 38.3 Å². The van der Waals surface area contributed by atoms with Crippen LogP contribution in [0.15, 0.2) is 48.5 Å². The van der Waals surface area contributed by atoms with E-state index in [1.807, 2.05) is 24.3 Å². The summed E-state index contributed by atoms with van der Waals surface area (Å²) in [6.07, 6.45) is 2.54. The van der Waals surface area contributed by atoms with E-state index in [0.717, 1.165) is 30.6 Å². The Morgan fingerprint density at radius 2 is 1.95 bits per heavy atom. The van der Waals surface area contributed by atoms with Gasteiger partial charge in [0.1, 0.15) is 11.6 Å². The van der Waals surface area contributed by atoms with Gasteiger partial charge in [0.25, 0.3) is 0 Å². The number of carbonyl (C=O) groups is 1. The first-order chi connectivity index (χ1) is 10.7. The Hall–Kier alpha value is -2.36. The highest BCUT2D eigenvalue weighted by Gasteiger charge is 2.47. The van der Waals surface area contributed by atoms with Crippen LogP contribution in [0.2, 0.25) is 0 Å². The lowest BCUT2D eigenvalue weighted by Gasteiger charge is -2.41. The molecule has 22 heavy (non-hydrogen) atoms. The zero-order valence-corrected chi connectivity index (χ0v) is 12.4. The molecule has 114 valence electrons. The molecule has 3 nitrogen and oxygen atoms in total. The quantitative estimate of drug-likeness (QED) is 0.930. The second kappa shape index (κ2) is 5.79. The third-order valence-electron chi connectivity index (χ3n) is 4.35. The van der Waals surface area contributed by atoms with Crippen LogP contribution in [-0.2, 0) is 10.2 Å². The predicted molar refractivity (Wildman–Crippen MR) is 83.6 cm³/mol. The number of nitrogens with one attached hydrogen (secondary N) is 1. The number of benzene rings is 2. The lowest BCUT2D eigenvalue weighted by molar-refractivity contribution is -0.124. The maximum Gasteiger partial charge on any atom is 0.235 e. The highest BCUT2D eigenvalue weighted by Crippen LogP contribution is 2.47. The second-order valence-corrected chi connectivity index (χ2v) is 5.60. The Morgan fingerprint density at radius 1 is 1.18 bits per heavy atom. The van der Waals surface area contributed by atoms with Gasteiger partial charge < -0.3 is 10.1 Å². The highest BCUT2D eigenvalue weighted by molar-refractivity contribution is 6.00. The highest BCUT2D eigenvalue weighted by atomic mass is 19.1. The van der Waals surface area contributed by atoms with Gasteiger partial charge in [-0.15, -0.1) is 0 Å². The number of methoxy groups -OCH3 is 1. The minimum Gasteiger partial charge on any atom is -0.496 e. The molecule has 0 saturated heterocycles. The molecule has 1 N–H and O–H groups in total. The normalized spacial score (nSPS) is 15.7. The van der Waals surface area contributed by atoms with E-state index in [9.17, 15) is 9.18 Å². The Labute approximate surface area is 129 Å². The van der Waals surface area contributed by atoms with Crippen LogP contribution in [0.25, 0.3) is 0 Å². The number of hydrogen-bond donors (Lipinski definition) is 1. The summed E-state index contributed by atoms with van der Waals surface area (Å²) in [5, 5.41) is 2.84. The summed E-state index contributed by atoms with van der Waals surface area (Å²) in [5.74, 6) is 0.253. The zero-order valence-electron chi connectivity index (χ0n) is 12.4. The molecule has 2 aromatic rings. The van der Waals surface area contributed by atoms with E-state index >= 15 is 0 Å². The number of anilines is 1. The molecule has 0 aromatic heterocycles. The van der Waals surface area contributed by atoms with Crippen molar-refractivity contribution in [2.75, 3.05) is 12.4 Å². The van der Waals surface area contributed by atoms with Crippen molar-refractivity contribution in [2.24, 2.45) is 0 Å². The summed E-state index contributed by atoms with van der Waals surface area (Å²) >= 11 is 0. The van der Waals surface area contributed by atoms with Crippen molar-refractivity contribution in [1.82, 2.24) is 0 Å². The van der Waals surface area contributed by atoms with Crippen LogP contribution in [0.4, 0.5) is 10.1 Å². The van der Waals surface area contributed by atoms with Gasteiger partial charge in [0, 0.05) is 11.3 Å². The molecule has 0 heterocycles. The van der Waals surface area contributed by atoms with Crippen LogP contribution >= 0.6 is 0 Å². The maximum atomic E-state index is 13.3. The van der Waals surface area contributed by atoms with E-state index in [0.29, 0.717) is 5.69 Å². The van der Waals surface area contributed by atoms with Gasteiger partial charge in [-0.05, 0) is 37.1 Å². The molecule has 0 aliphatic heterocycles. The van der Waals surface area contributed by atoms with Gasteiger partial charge in [0.15, 0.2) is 0 Å². The van der Waals surface area contributed by atoms with Gasteiger partial charge in [-0.2, -0.15) is 0 Å². The first kappa shape index (κ1) is 14.6. The third-order valence-corrected chi connectivity index (χ3v) is 4.35. The average Bonchev–Trinajstić information content (AvgIpc) is 2.46. The predicted octanol–water partition coefficient (Wildman–Crippen LogP) is 3.89. The Balaban J connectivity index is 1.91. The molecule has 0 atom stereocenters. The maximum absolute atomic E-state index is 13.3. The van der Waals surface area contributed by atoms with Gasteiger partial charge in [-0.25, -0.2) is 4.39 Å². The van der Waals surface area contributed by atoms with E-state index in [-0.39, 0.29) is 11.7 Å². The molecule has 0 unspecified atom stereocenters. The SMILES string of the molecule is COc1ccccc1C1(C(=O)Nc2cccc(F)c2)CCC1. The molecular formula is C18H18FNO2. The number of hydrogen-bond acceptors (Lipinski definition) is 2. The van der Waals surface area contributed by atoms with Crippen LogP contribution < -0.4 is 10.1 Å². The van der Waals surface area contributed by atoms with E-state index in [2.05, 4.69) is 5.32 Å². The fourth-order valence-corrected chi connectivity index (χ4v) is 3.01. The van der Waals surface area contributed by atoms with Crippen LogP contribution in [0.3, 0.4) is 0 Å². The average molecular weight is 299 g/mol. The monoisotopic (exact) mass is 299 g/mol. The summed E-state index contributed by atoms with van der Waals surface area (Å²) in [6.45, 7) is 0. The number of para-hydroxylation sites is 1. The summed E-state index contributed by atoms with van der Waals surface area (Å²) in [7, 11) is 1.61. The fourth-order valence-electron chi connectivity index (χ4n) is 3.01. The molecule has 1 aliphatic carbocycles. The molecule has 1 aliphatic rings. The number of amides is 1. The molecule has 1 saturated carbocycles. The molecule has 1 fully saturated rings. The van der Waals surface area contributed by atoms with Crippen molar-refractivity contribution >= 4 is 11.6 Å². The first-order valence-electron chi connectivity index (χ1n) is 7.36. The van der Waals surface area contributed by atoms with Gasteiger partial charge >= 0.3 is 0 Å². The summed E-state index contributed by atoms with van der Waals surface area (Å²) in [5.41, 5.74) is 0.794. The minimum atomic E-state index is -0.584. The lowest BCUT2D eigenvalue weighted by atomic mass is 9.63. The Bertz CT molecular complexity index is 695. The third kappa shape index (κ3) is 2.45. The minimum absolute atomic E-state index is 0.103. The Morgan fingerprint density at radius 3 is 2.59 bits per heavy atom. The standard InChI is InChI=1S/C18H18FNO2/c1-22-16-9-3-2-8-15(16)18(10-5-11-18)17(21)20-14-7-4-6-13(19)12-14/h2-4,6-9,12H,5,10-11H2,1H3,(H,20,21). The van der Waals surface area contributed by atoms with Crippen molar-refractivity contribution in [1.29, 1.82) is 0 Å². The van der Waals surface area contributed by atoms with Crippen molar-refractivity contribution < 1.29 is 13.9 Å². The molecule has 0 bridgehead atoms. The van der Waals surface area contributed by atoms with Gasteiger partial charge in [-0.1, -0.05) is 30.7 Å². The molecule has 4 heteroatoms. The molecule has 3 rings (SSSR count). The van der Waals surface area contributed by atoms with Gasteiger partial charge in [-0.3, -0.25) is 4.79 Å². The van der Waals surface area contributed by atoms with Gasteiger partial charge in [0.2, 0.25) is 5.91 Å². The van der Waals surface area contributed by atoms with Crippen molar-refractivity contribution in [3.63, 3.8) is 0 Å². The Kier molecular flexibility index (Phi) is 3.84. The molecule has 0 spiro atoms. The number of ether oxygens (including phenoxy) is 1. The molecule has 1 amide bonds. The molecule has 2 aromatic carbocycles. The van der Waals surface area contributed by atoms with E-state index in [1.54, 1.807) is 19.2 Å². The summed E-state index contributed by atoms with van der Waals surface area (Å²) in [4.78, 5) is 12.8. The summed E-state index contributed by atoms with van der Waals surface area (Å²) < 4.78 is 18.7. The molecule has 0 radical (unpaired) electrons. The van der Waals surface area contributed by atoms with Crippen LogP contribution in [0.5, 0.6) is 5.75 Å². The second-order valence-electron chi connectivity index (χ2n) is 5.60. The van der Waals surface area contributed by atoms with Gasteiger partial charge in [0.05, 0.1) is 12.5 Å². The lowest BCUT2D eigenvalue weighted by Crippen LogP contribution is -2.46. The largest absolute Gasteiger partial charge is 0.496 e. The number of halogens is 1. The van der Waals surface area contributed by atoms with Crippen LogP contribution in [0.1, 0.15) is 24.8 Å². The van der Waals surface area contributed by atoms with Crippen molar-refractivity contribution in [2.45, 2.75) is 24.7 Å². The summed E-state index contributed by atoms with van der Waals surface area (Å²) in [6, 6.07) is 13.6. The van der Waals surface area contributed by atoms with Crippen molar-refractivity contribution in [3.8, 4) is 5.75 Å². The van der Waals surface area contributed by atoms with Crippen LogP contribution in [0, 0.1) is 5.82 Å². The number of carbonyl (C=O) groups excluding carboxylic acids is 1. The van der Waals surface area contributed by atoms with E-state index < -0.39 is 5.41 Å².